The average Bonchev–Trinajstić information content (AvgIpc) is 3.23. The van der Waals surface area contributed by atoms with Crippen LogP contribution in [0.2, 0.25) is 0 Å². The number of carbonyl (C=O) groups excluding carboxylic acids is 2. The largest absolute Gasteiger partial charge is 0.450 e. The number of anilines is 1. The summed E-state index contributed by atoms with van der Waals surface area (Å²) in [6.45, 7) is 3.97. The first-order valence-corrected chi connectivity index (χ1v) is 9.02. The van der Waals surface area contributed by atoms with Gasteiger partial charge in [-0.3, -0.25) is 14.7 Å². The summed E-state index contributed by atoms with van der Waals surface area (Å²) in [7, 11) is 0. The number of H-pyrrole nitrogens is 1. The Morgan fingerprint density at radius 3 is 2.77 bits per heavy atom. The van der Waals surface area contributed by atoms with E-state index in [2.05, 4.69) is 36.8 Å². The van der Waals surface area contributed by atoms with Crippen molar-refractivity contribution in [2.24, 2.45) is 5.92 Å². The van der Waals surface area contributed by atoms with Crippen molar-refractivity contribution in [3.8, 4) is 0 Å². The molecule has 26 heavy (non-hydrogen) atoms. The highest BCUT2D eigenvalue weighted by Crippen LogP contribution is 2.27. The molecule has 1 aromatic carbocycles. The van der Waals surface area contributed by atoms with Crippen LogP contribution in [0.1, 0.15) is 30.8 Å². The van der Waals surface area contributed by atoms with E-state index in [-0.39, 0.29) is 17.6 Å². The van der Waals surface area contributed by atoms with Crippen molar-refractivity contribution in [2.45, 2.75) is 26.3 Å². The number of carbonyl (C=O) groups is 2. The van der Waals surface area contributed by atoms with Gasteiger partial charge < -0.3 is 15.1 Å². The highest BCUT2D eigenvalue weighted by Gasteiger charge is 2.24. The number of nitrogens with zero attached hydrogens (tertiary/aromatic N) is 1. The zero-order valence-electron chi connectivity index (χ0n) is 14.4. The van der Waals surface area contributed by atoms with Gasteiger partial charge >= 0.3 is 0 Å². The van der Waals surface area contributed by atoms with Crippen LogP contribution in [0.15, 0.2) is 45.4 Å². The van der Waals surface area contributed by atoms with Crippen LogP contribution in [-0.2, 0) is 4.79 Å². The molecule has 1 unspecified atom stereocenters. The minimum atomic E-state index is -0.692. The topological polar surface area (TPSA) is 100 Å². The molecule has 1 atom stereocenters. The molecule has 0 saturated carbocycles. The van der Waals surface area contributed by atoms with Gasteiger partial charge in [-0.25, -0.2) is 0 Å². The highest BCUT2D eigenvalue weighted by molar-refractivity contribution is 9.10. The molecule has 2 aromatic heterocycles. The van der Waals surface area contributed by atoms with Crippen molar-refractivity contribution >= 4 is 44.5 Å². The summed E-state index contributed by atoms with van der Waals surface area (Å²) in [5, 5.41) is 12.7. The Kier molecular flexibility index (Phi) is 5.41. The van der Waals surface area contributed by atoms with E-state index in [1.54, 1.807) is 12.1 Å². The first kappa shape index (κ1) is 18.2. The number of nitrogens with one attached hydrogen (secondary N) is 3. The van der Waals surface area contributed by atoms with E-state index in [0.29, 0.717) is 17.8 Å². The van der Waals surface area contributed by atoms with Crippen LogP contribution < -0.4 is 10.6 Å². The molecule has 2 heterocycles. The van der Waals surface area contributed by atoms with Crippen LogP contribution in [-0.4, -0.2) is 28.1 Å². The third-order valence-electron chi connectivity index (χ3n) is 3.81. The van der Waals surface area contributed by atoms with Crippen molar-refractivity contribution in [1.82, 2.24) is 15.5 Å². The molecule has 0 radical (unpaired) electrons. The van der Waals surface area contributed by atoms with Gasteiger partial charge in [-0.05, 0) is 40.4 Å². The van der Waals surface area contributed by atoms with Crippen LogP contribution in [0.25, 0.3) is 11.0 Å². The van der Waals surface area contributed by atoms with E-state index in [4.69, 9.17) is 4.42 Å². The Morgan fingerprint density at radius 2 is 2.12 bits per heavy atom. The number of hydrogen-bond donors (Lipinski definition) is 3. The Balaban J connectivity index is 1.77. The van der Waals surface area contributed by atoms with Gasteiger partial charge in [-0.15, -0.1) is 0 Å². The zero-order chi connectivity index (χ0) is 18.7. The van der Waals surface area contributed by atoms with Gasteiger partial charge in [0.05, 0.1) is 10.7 Å². The number of aromatic amines is 1. The number of aromatic nitrogens is 2. The summed E-state index contributed by atoms with van der Waals surface area (Å²) in [6.07, 6.45) is 2.04. The zero-order valence-corrected chi connectivity index (χ0v) is 16.0. The second-order valence-corrected chi connectivity index (χ2v) is 7.24. The minimum absolute atomic E-state index is 0.162. The molecule has 0 aliphatic heterocycles. The van der Waals surface area contributed by atoms with Crippen molar-refractivity contribution in [1.29, 1.82) is 0 Å². The molecule has 2 amide bonds. The third kappa shape index (κ3) is 4.13. The van der Waals surface area contributed by atoms with Gasteiger partial charge in [0.25, 0.3) is 5.91 Å². The molecule has 0 aliphatic carbocycles. The highest BCUT2D eigenvalue weighted by atomic mass is 79.9. The predicted molar refractivity (Wildman–Crippen MR) is 102 cm³/mol. The molecule has 8 heteroatoms. The fraction of sp³-hybridized carbons (Fsp3) is 0.278. The van der Waals surface area contributed by atoms with Crippen LogP contribution in [0, 0.1) is 5.92 Å². The molecule has 3 rings (SSSR count). The smallest absolute Gasteiger partial charge is 0.287 e. The summed E-state index contributed by atoms with van der Waals surface area (Å²) in [6, 6.07) is 8.17. The number of fused-ring (bicyclic) bond motifs is 1. The Labute approximate surface area is 158 Å². The normalized spacial score (nSPS) is 12.3. The third-order valence-corrected chi connectivity index (χ3v) is 4.43. The quantitative estimate of drug-likeness (QED) is 0.567. The summed E-state index contributed by atoms with van der Waals surface area (Å²) in [5.41, 5.74) is 0.597. The molecule has 0 fully saturated rings. The predicted octanol–water partition coefficient (Wildman–Crippen LogP) is 3.70. The van der Waals surface area contributed by atoms with Crippen molar-refractivity contribution in [3.05, 3.63) is 46.8 Å². The van der Waals surface area contributed by atoms with Gasteiger partial charge in [0.1, 0.15) is 17.4 Å². The first-order valence-electron chi connectivity index (χ1n) is 8.23. The number of amides is 2. The molecule has 0 saturated heterocycles. The molecule has 0 bridgehead atoms. The number of halogens is 1. The van der Waals surface area contributed by atoms with Crippen molar-refractivity contribution < 1.29 is 14.0 Å². The summed E-state index contributed by atoms with van der Waals surface area (Å²) in [4.78, 5) is 25.1. The fourth-order valence-electron chi connectivity index (χ4n) is 2.62. The maximum Gasteiger partial charge on any atom is 0.287 e. The Bertz CT molecular complexity index is 918. The number of hydrogen-bond acceptors (Lipinski definition) is 4. The lowest BCUT2D eigenvalue weighted by molar-refractivity contribution is -0.118. The van der Waals surface area contributed by atoms with E-state index in [9.17, 15) is 9.59 Å². The maximum absolute atomic E-state index is 12.6. The molecule has 0 aliphatic rings. The van der Waals surface area contributed by atoms with E-state index in [1.807, 2.05) is 32.0 Å². The van der Waals surface area contributed by atoms with Gasteiger partial charge in [0.15, 0.2) is 5.76 Å². The van der Waals surface area contributed by atoms with Gasteiger partial charge in [-0.1, -0.05) is 26.0 Å². The molecule has 0 spiro atoms. The van der Waals surface area contributed by atoms with E-state index < -0.39 is 11.9 Å². The molecular formula is C18H19BrN4O3. The van der Waals surface area contributed by atoms with E-state index in [0.717, 1.165) is 9.86 Å². The Hall–Kier alpha value is -2.61. The second-order valence-electron chi connectivity index (χ2n) is 6.38. The average molecular weight is 419 g/mol. The fourth-order valence-corrected chi connectivity index (χ4v) is 3.08. The van der Waals surface area contributed by atoms with Crippen LogP contribution >= 0.6 is 15.9 Å². The molecular weight excluding hydrogens is 400 g/mol. The molecule has 136 valence electrons. The first-order chi connectivity index (χ1) is 12.4. The SMILES string of the molecule is CC(C)CC(NC(=O)c1cc2cccc(Br)c2o1)C(=O)Nc1ccn[nH]1. The standard InChI is InChI=1S/C18H19BrN4O3/c1-10(2)8-13(17(24)22-15-6-7-20-23-15)21-18(25)14-9-11-4-3-5-12(19)16(11)26-14/h3-7,9-10,13H,8H2,1-2H3,(H,21,25)(H2,20,22,23,24). The summed E-state index contributed by atoms with van der Waals surface area (Å²) in [5.74, 6) is 0.116. The lowest BCUT2D eigenvalue weighted by Crippen LogP contribution is -2.44. The minimum Gasteiger partial charge on any atom is -0.450 e. The molecule has 3 aromatic rings. The number of rotatable bonds is 6. The van der Waals surface area contributed by atoms with Crippen LogP contribution in [0.3, 0.4) is 0 Å². The number of benzene rings is 1. The van der Waals surface area contributed by atoms with Crippen molar-refractivity contribution in [3.63, 3.8) is 0 Å². The second kappa shape index (κ2) is 7.74. The van der Waals surface area contributed by atoms with Gasteiger partial charge in [0, 0.05) is 11.5 Å². The van der Waals surface area contributed by atoms with Crippen LogP contribution in [0.4, 0.5) is 5.82 Å². The lowest BCUT2D eigenvalue weighted by Gasteiger charge is -2.19. The summed E-state index contributed by atoms with van der Waals surface area (Å²) >= 11 is 3.40. The number of para-hydroxylation sites is 1. The Morgan fingerprint density at radius 1 is 1.31 bits per heavy atom. The lowest BCUT2D eigenvalue weighted by atomic mass is 10.0. The van der Waals surface area contributed by atoms with E-state index in [1.165, 1.54) is 6.20 Å². The van der Waals surface area contributed by atoms with Gasteiger partial charge in [-0.2, -0.15) is 5.10 Å². The molecule has 7 nitrogen and oxygen atoms in total. The van der Waals surface area contributed by atoms with Gasteiger partial charge in [0.2, 0.25) is 5.91 Å². The van der Waals surface area contributed by atoms with E-state index >= 15 is 0 Å². The molecule has 3 N–H and O–H groups in total. The van der Waals surface area contributed by atoms with Crippen LogP contribution in [0.5, 0.6) is 0 Å². The number of furan rings is 1. The maximum atomic E-state index is 12.6. The monoisotopic (exact) mass is 418 g/mol. The summed E-state index contributed by atoms with van der Waals surface area (Å²) < 4.78 is 6.41. The van der Waals surface area contributed by atoms with Crippen molar-refractivity contribution in [2.75, 3.05) is 5.32 Å².